The minimum Gasteiger partial charge on any atom is -0.457 e. The number of pyridine rings is 1. The lowest BCUT2D eigenvalue weighted by atomic mass is 10.1. The van der Waals surface area contributed by atoms with E-state index in [-0.39, 0.29) is 11.7 Å². The van der Waals surface area contributed by atoms with E-state index >= 15 is 0 Å². The van der Waals surface area contributed by atoms with Crippen LogP contribution in [0.3, 0.4) is 0 Å². The number of carbonyl (C=O) groups is 1. The maximum absolute atomic E-state index is 12.6. The number of anilines is 2. The van der Waals surface area contributed by atoms with Crippen molar-refractivity contribution in [1.29, 1.82) is 0 Å². The van der Waals surface area contributed by atoms with Crippen LogP contribution in [-0.2, 0) is 6.42 Å². The molecule has 1 amide bonds. The Labute approximate surface area is 171 Å². The standard InChI is InChI=1S/C24H27N3O2/c1-4-5-6-18-7-11-20(12-8-18)29-21-13-9-19(10-14-21)27-24(28)22-16(2)15-17(3)26-23(22)25/h7-15H,4-6H2,1-3H3,(H2,25,26)(H,27,28). The fourth-order valence-electron chi connectivity index (χ4n) is 3.20. The normalized spacial score (nSPS) is 10.6. The van der Waals surface area contributed by atoms with Gasteiger partial charge in [0.15, 0.2) is 0 Å². The van der Waals surface area contributed by atoms with E-state index in [1.807, 2.05) is 44.2 Å². The molecule has 5 heteroatoms. The van der Waals surface area contributed by atoms with Crippen LogP contribution in [0.15, 0.2) is 54.6 Å². The molecular weight excluding hydrogens is 362 g/mol. The maximum atomic E-state index is 12.6. The maximum Gasteiger partial charge on any atom is 0.259 e. The molecule has 0 unspecified atom stereocenters. The monoisotopic (exact) mass is 389 g/mol. The molecular formula is C24H27N3O2. The number of aromatic nitrogens is 1. The third kappa shape index (κ3) is 5.35. The molecule has 29 heavy (non-hydrogen) atoms. The Bertz CT molecular complexity index is 957. The van der Waals surface area contributed by atoms with Gasteiger partial charge in [-0.1, -0.05) is 25.5 Å². The Morgan fingerprint density at radius 1 is 1.03 bits per heavy atom. The van der Waals surface area contributed by atoms with Crippen LogP contribution in [0.4, 0.5) is 11.5 Å². The third-order valence-corrected chi connectivity index (χ3v) is 4.69. The van der Waals surface area contributed by atoms with Crippen molar-refractivity contribution in [3.63, 3.8) is 0 Å². The van der Waals surface area contributed by atoms with Crippen LogP contribution in [-0.4, -0.2) is 10.9 Å². The summed E-state index contributed by atoms with van der Waals surface area (Å²) in [5.74, 6) is 1.46. The number of amides is 1. The molecule has 0 aliphatic heterocycles. The van der Waals surface area contributed by atoms with Crippen molar-refractivity contribution >= 4 is 17.4 Å². The van der Waals surface area contributed by atoms with E-state index in [0.29, 0.717) is 17.0 Å². The predicted octanol–water partition coefficient (Wildman–Crippen LogP) is 5.67. The fraction of sp³-hybridized carbons (Fsp3) is 0.250. The second kappa shape index (κ2) is 9.24. The average Bonchev–Trinajstić information content (AvgIpc) is 2.68. The van der Waals surface area contributed by atoms with Crippen LogP contribution in [0.1, 0.15) is 46.9 Å². The summed E-state index contributed by atoms with van der Waals surface area (Å²) in [6.45, 7) is 5.89. The number of nitrogens with zero attached hydrogens (tertiary/aromatic N) is 1. The zero-order chi connectivity index (χ0) is 20.8. The predicted molar refractivity (Wildman–Crippen MR) is 118 cm³/mol. The Hall–Kier alpha value is -3.34. The zero-order valence-corrected chi connectivity index (χ0v) is 17.2. The van der Waals surface area contributed by atoms with E-state index < -0.39 is 0 Å². The second-order valence-electron chi connectivity index (χ2n) is 7.17. The number of nitrogens with one attached hydrogen (secondary N) is 1. The number of nitrogens with two attached hydrogens (primary N) is 1. The Kier molecular flexibility index (Phi) is 6.50. The number of carbonyl (C=O) groups excluding carboxylic acids is 1. The molecule has 0 saturated carbocycles. The van der Waals surface area contributed by atoms with Crippen LogP contribution in [0.5, 0.6) is 11.5 Å². The van der Waals surface area contributed by atoms with Gasteiger partial charge in [0.2, 0.25) is 0 Å². The molecule has 0 spiro atoms. The summed E-state index contributed by atoms with van der Waals surface area (Å²) in [5.41, 5.74) is 9.90. The van der Waals surface area contributed by atoms with Crippen molar-refractivity contribution in [2.45, 2.75) is 40.0 Å². The SMILES string of the molecule is CCCCc1ccc(Oc2ccc(NC(=O)c3c(C)cc(C)nc3N)cc2)cc1. The van der Waals surface area contributed by atoms with Crippen LogP contribution in [0, 0.1) is 13.8 Å². The number of hydrogen-bond acceptors (Lipinski definition) is 4. The molecule has 3 rings (SSSR count). The van der Waals surface area contributed by atoms with E-state index in [1.165, 1.54) is 18.4 Å². The minimum atomic E-state index is -0.274. The van der Waals surface area contributed by atoms with Gasteiger partial charge in [-0.3, -0.25) is 4.79 Å². The van der Waals surface area contributed by atoms with Crippen LogP contribution >= 0.6 is 0 Å². The molecule has 2 aromatic carbocycles. The first-order chi connectivity index (χ1) is 14.0. The van der Waals surface area contributed by atoms with E-state index in [4.69, 9.17) is 10.5 Å². The summed E-state index contributed by atoms with van der Waals surface area (Å²) in [6, 6.07) is 17.3. The lowest BCUT2D eigenvalue weighted by molar-refractivity contribution is 0.102. The van der Waals surface area contributed by atoms with E-state index in [9.17, 15) is 4.79 Å². The number of benzene rings is 2. The number of aryl methyl sites for hydroxylation is 3. The van der Waals surface area contributed by atoms with Crippen molar-refractivity contribution in [2.75, 3.05) is 11.1 Å². The number of unbranched alkanes of at least 4 members (excludes halogenated alkanes) is 1. The largest absolute Gasteiger partial charge is 0.457 e. The number of ether oxygens (including phenoxy) is 1. The first-order valence-electron chi connectivity index (χ1n) is 9.88. The number of hydrogen-bond donors (Lipinski definition) is 2. The molecule has 0 atom stereocenters. The van der Waals surface area contributed by atoms with E-state index in [0.717, 1.165) is 23.4 Å². The summed E-state index contributed by atoms with van der Waals surface area (Å²) < 4.78 is 5.89. The Morgan fingerprint density at radius 2 is 1.66 bits per heavy atom. The molecule has 3 N–H and O–H groups in total. The molecule has 0 aliphatic rings. The fourth-order valence-corrected chi connectivity index (χ4v) is 3.20. The zero-order valence-electron chi connectivity index (χ0n) is 17.2. The molecule has 0 radical (unpaired) electrons. The highest BCUT2D eigenvalue weighted by atomic mass is 16.5. The lowest BCUT2D eigenvalue weighted by Crippen LogP contribution is -2.17. The van der Waals surface area contributed by atoms with E-state index in [2.05, 4.69) is 29.4 Å². The van der Waals surface area contributed by atoms with Crippen LogP contribution in [0.2, 0.25) is 0 Å². The Balaban J connectivity index is 1.64. The van der Waals surface area contributed by atoms with Gasteiger partial charge in [0.1, 0.15) is 17.3 Å². The smallest absolute Gasteiger partial charge is 0.259 e. The van der Waals surface area contributed by atoms with Gasteiger partial charge in [-0.15, -0.1) is 0 Å². The molecule has 0 bridgehead atoms. The van der Waals surface area contributed by atoms with Gasteiger partial charge < -0.3 is 15.8 Å². The van der Waals surface area contributed by atoms with Crippen LogP contribution in [0.25, 0.3) is 0 Å². The first kappa shape index (κ1) is 20.4. The minimum absolute atomic E-state index is 0.238. The molecule has 0 saturated heterocycles. The summed E-state index contributed by atoms with van der Waals surface area (Å²) in [6.07, 6.45) is 3.47. The number of nitrogen functional groups attached to an aromatic ring is 1. The van der Waals surface area contributed by atoms with Crippen molar-refractivity contribution < 1.29 is 9.53 Å². The highest BCUT2D eigenvalue weighted by Gasteiger charge is 2.15. The summed E-state index contributed by atoms with van der Waals surface area (Å²) >= 11 is 0. The van der Waals surface area contributed by atoms with Crippen molar-refractivity contribution in [2.24, 2.45) is 0 Å². The quantitative estimate of drug-likeness (QED) is 0.546. The van der Waals surface area contributed by atoms with Gasteiger partial charge in [0.05, 0.1) is 5.56 Å². The molecule has 150 valence electrons. The van der Waals surface area contributed by atoms with Gasteiger partial charge in [0.25, 0.3) is 5.91 Å². The third-order valence-electron chi connectivity index (χ3n) is 4.69. The van der Waals surface area contributed by atoms with Crippen molar-refractivity contribution in [3.8, 4) is 11.5 Å². The van der Waals surface area contributed by atoms with Gasteiger partial charge >= 0.3 is 0 Å². The first-order valence-corrected chi connectivity index (χ1v) is 9.88. The second-order valence-corrected chi connectivity index (χ2v) is 7.17. The van der Waals surface area contributed by atoms with Gasteiger partial charge in [-0.05, 0) is 80.3 Å². The summed E-state index contributed by atoms with van der Waals surface area (Å²) in [5, 5.41) is 2.86. The van der Waals surface area contributed by atoms with Gasteiger partial charge in [0, 0.05) is 11.4 Å². The van der Waals surface area contributed by atoms with Crippen molar-refractivity contribution in [3.05, 3.63) is 77.0 Å². The number of rotatable bonds is 7. The molecule has 5 nitrogen and oxygen atoms in total. The van der Waals surface area contributed by atoms with Gasteiger partial charge in [-0.2, -0.15) is 0 Å². The highest BCUT2D eigenvalue weighted by Crippen LogP contribution is 2.24. The highest BCUT2D eigenvalue weighted by molar-refractivity contribution is 6.08. The Morgan fingerprint density at radius 3 is 2.24 bits per heavy atom. The van der Waals surface area contributed by atoms with Gasteiger partial charge in [-0.25, -0.2) is 4.98 Å². The van der Waals surface area contributed by atoms with E-state index in [1.54, 1.807) is 12.1 Å². The molecule has 1 aromatic heterocycles. The molecule has 3 aromatic rings. The van der Waals surface area contributed by atoms with Crippen LogP contribution < -0.4 is 15.8 Å². The summed E-state index contributed by atoms with van der Waals surface area (Å²) in [4.78, 5) is 16.8. The average molecular weight is 389 g/mol. The topological polar surface area (TPSA) is 77.2 Å². The summed E-state index contributed by atoms with van der Waals surface area (Å²) in [7, 11) is 0. The van der Waals surface area contributed by atoms with Crippen molar-refractivity contribution in [1.82, 2.24) is 4.98 Å². The molecule has 0 fully saturated rings. The lowest BCUT2D eigenvalue weighted by Gasteiger charge is -2.11. The molecule has 0 aliphatic carbocycles. The molecule has 1 heterocycles.